The van der Waals surface area contributed by atoms with Gasteiger partial charge in [-0.25, -0.2) is 0 Å². The van der Waals surface area contributed by atoms with Crippen LogP contribution in [0.2, 0.25) is 0 Å². The minimum absolute atomic E-state index is 0.0589. The van der Waals surface area contributed by atoms with Gasteiger partial charge in [0.05, 0.1) is 18.8 Å². The number of carbonyl (C=O) groups excluding carboxylic acids is 1. The van der Waals surface area contributed by atoms with Crippen molar-refractivity contribution in [3.05, 3.63) is 24.3 Å². The first-order valence-electron chi connectivity index (χ1n) is 27.6. The number of amides is 1. The van der Waals surface area contributed by atoms with Gasteiger partial charge >= 0.3 is 0 Å². The van der Waals surface area contributed by atoms with E-state index in [-0.39, 0.29) is 12.5 Å². The molecule has 0 fully saturated rings. The summed E-state index contributed by atoms with van der Waals surface area (Å²) in [7, 11) is 0. The van der Waals surface area contributed by atoms with Gasteiger partial charge in [0.15, 0.2) is 0 Å². The highest BCUT2D eigenvalue weighted by atomic mass is 16.3. The first-order chi connectivity index (χ1) is 29.7. The third-order valence-corrected chi connectivity index (χ3v) is 12.9. The van der Waals surface area contributed by atoms with Crippen LogP contribution in [0, 0.1) is 0 Å². The third kappa shape index (κ3) is 47.9. The molecule has 0 aromatic rings. The molecule has 0 radical (unpaired) electrons. The van der Waals surface area contributed by atoms with Crippen LogP contribution in [0.5, 0.6) is 0 Å². The second-order valence-corrected chi connectivity index (χ2v) is 19.0. The van der Waals surface area contributed by atoms with Crippen molar-refractivity contribution in [3.63, 3.8) is 0 Å². The molecule has 0 aromatic heterocycles. The van der Waals surface area contributed by atoms with E-state index < -0.39 is 12.1 Å². The zero-order valence-electron chi connectivity index (χ0n) is 41.0. The fourth-order valence-corrected chi connectivity index (χ4v) is 8.71. The van der Waals surface area contributed by atoms with Crippen molar-refractivity contribution in [2.45, 2.75) is 321 Å². The van der Waals surface area contributed by atoms with E-state index in [1.54, 1.807) is 6.08 Å². The van der Waals surface area contributed by atoms with E-state index in [0.29, 0.717) is 6.42 Å². The summed E-state index contributed by atoms with van der Waals surface area (Å²) in [6.07, 6.45) is 69.0. The molecule has 0 aliphatic heterocycles. The molecule has 0 saturated carbocycles. The van der Waals surface area contributed by atoms with E-state index in [9.17, 15) is 15.0 Å². The highest BCUT2D eigenvalue weighted by molar-refractivity contribution is 5.76. The molecule has 4 heteroatoms. The van der Waals surface area contributed by atoms with Crippen molar-refractivity contribution >= 4 is 5.91 Å². The van der Waals surface area contributed by atoms with E-state index >= 15 is 0 Å². The van der Waals surface area contributed by atoms with Gasteiger partial charge in [-0.15, -0.1) is 0 Å². The summed E-state index contributed by atoms with van der Waals surface area (Å²) in [5, 5.41) is 23.2. The van der Waals surface area contributed by atoms with Crippen LogP contribution in [0.15, 0.2) is 24.3 Å². The molecule has 0 saturated heterocycles. The fourth-order valence-electron chi connectivity index (χ4n) is 8.71. The molecule has 1 amide bonds. The van der Waals surface area contributed by atoms with E-state index in [1.165, 1.54) is 263 Å². The normalized spacial score (nSPS) is 12.9. The first kappa shape index (κ1) is 58.9. The fraction of sp³-hybridized carbons (Fsp3) is 0.911. The zero-order chi connectivity index (χ0) is 43.5. The highest BCUT2D eigenvalue weighted by Crippen LogP contribution is 2.17. The lowest BCUT2D eigenvalue weighted by Gasteiger charge is -2.20. The zero-order valence-corrected chi connectivity index (χ0v) is 41.0. The lowest BCUT2D eigenvalue weighted by Crippen LogP contribution is -2.45. The van der Waals surface area contributed by atoms with E-state index in [4.69, 9.17) is 0 Å². The molecule has 0 bridgehead atoms. The van der Waals surface area contributed by atoms with Crippen LogP contribution in [0.4, 0.5) is 0 Å². The van der Waals surface area contributed by atoms with Crippen LogP contribution < -0.4 is 5.32 Å². The maximum absolute atomic E-state index is 12.5. The maximum atomic E-state index is 12.5. The van der Waals surface area contributed by atoms with Gasteiger partial charge in [-0.3, -0.25) is 4.79 Å². The third-order valence-electron chi connectivity index (χ3n) is 12.9. The Kier molecular flexibility index (Phi) is 51.2. The van der Waals surface area contributed by atoms with E-state index in [0.717, 1.165) is 25.7 Å². The lowest BCUT2D eigenvalue weighted by molar-refractivity contribution is -0.123. The molecule has 0 spiro atoms. The average Bonchev–Trinajstić information content (AvgIpc) is 3.25. The quantitative estimate of drug-likeness (QED) is 0.0422. The van der Waals surface area contributed by atoms with Crippen molar-refractivity contribution in [1.29, 1.82) is 0 Å². The molecule has 356 valence electrons. The van der Waals surface area contributed by atoms with Crippen molar-refractivity contribution in [2.75, 3.05) is 6.61 Å². The highest BCUT2D eigenvalue weighted by Gasteiger charge is 2.18. The Balaban J connectivity index is 3.48. The van der Waals surface area contributed by atoms with Gasteiger partial charge in [0, 0.05) is 6.42 Å². The second kappa shape index (κ2) is 52.2. The summed E-state index contributed by atoms with van der Waals surface area (Å²) in [6, 6.07) is -0.621. The topological polar surface area (TPSA) is 69.6 Å². The first-order valence-corrected chi connectivity index (χ1v) is 27.6. The Bertz CT molecular complexity index is 871. The van der Waals surface area contributed by atoms with Crippen LogP contribution in [0.3, 0.4) is 0 Å². The number of hydrogen-bond acceptors (Lipinski definition) is 3. The van der Waals surface area contributed by atoms with Gasteiger partial charge in [-0.1, -0.05) is 282 Å². The van der Waals surface area contributed by atoms with Crippen LogP contribution in [-0.4, -0.2) is 34.9 Å². The van der Waals surface area contributed by atoms with Crippen LogP contribution >= 0.6 is 0 Å². The molecule has 60 heavy (non-hydrogen) atoms. The molecule has 0 aliphatic rings. The Hall–Kier alpha value is -1.13. The number of hydrogen-bond donors (Lipinski definition) is 3. The van der Waals surface area contributed by atoms with Crippen molar-refractivity contribution in [1.82, 2.24) is 5.32 Å². The summed E-state index contributed by atoms with van der Waals surface area (Å²) in [4.78, 5) is 12.5. The van der Waals surface area contributed by atoms with Crippen molar-refractivity contribution in [3.8, 4) is 0 Å². The number of carbonyl (C=O) groups is 1. The molecule has 2 unspecified atom stereocenters. The summed E-state index contributed by atoms with van der Waals surface area (Å²) in [5.74, 6) is -0.0589. The number of allylic oxidation sites excluding steroid dienone is 3. The predicted octanol–water partition coefficient (Wildman–Crippen LogP) is 17.9. The van der Waals surface area contributed by atoms with Gasteiger partial charge in [0.25, 0.3) is 0 Å². The average molecular weight is 844 g/mol. The number of unbranched alkanes of at least 4 members (excludes halogenated alkanes) is 42. The van der Waals surface area contributed by atoms with Crippen molar-refractivity contribution < 1.29 is 15.0 Å². The second-order valence-electron chi connectivity index (χ2n) is 19.0. The molecular formula is C56H109NO3. The number of rotatable bonds is 51. The molecule has 0 aliphatic carbocycles. The Labute approximate surface area is 377 Å². The minimum Gasteiger partial charge on any atom is -0.394 e. The van der Waals surface area contributed by atoms with Gasteiger partial charge in [0.2, 0.25) is 5.91 Å². The van der Waals surface area contributed by atoms with Gasteiger partial charge in [-0.05, 0) is 44.9 Å². The molecule has 3 N–H and O–H groups in total. The maximum Gasteiger partial charge on any atom is 0.220 e. The number of aliphatic hydroxyl groups is 2. The molecule has 0 rings (SSSR count). The Morgan fingerprint density at radius 2 is 0.633 bits per heavy atom. The Morgan fingerprint density at radius 3 is 0.917 bits per heavy atom. The predicted molar refractivity (Wildman–Crippen MR) is 267 cm³/mol. The number of nitrogens with one attached hydrogen (secondary N) is 1. The Morgan fingerprint density at radius 1 is 0.383 bits per heavy atom. The van der Waals surface area contributed by atoms with Gasteiger partial charge in [-0.2, -0.15) is 0 Å². The molecule has 2 atom stereocenters. The van der Waals surface area contributed by atoms with E-state index in [1.807, 2.05) is 6.08 Å². The van der Waals surface area contributed by atoms with Gasteiger partial charge < -0.3 is 15.5 Å². The molecular weight excluding hydrogens is 735 g/mol. The standard InChI is InChI=1S/C56H109NO3/c1-3-5-7-9-11-13-15-17-19-21-23-25-27-28-30-32-34-36-38-40-42-44-46-48-50-52-56(60)57-54(53-58)55(59)51-49-47-45-43-41-39-37-35-33-31-29-26-24-22-20-18-16-14-12-10-8-6-4-2/h21,23,49,51,54-55,58-59H,3-20,22,24-48,50,52-53H2,1-2H3,(H,57,60)/b23-21-,51-49+. The molecule has 0 heterocycles. The van der Waals surface area contributed by atoms with Crippen LogP contribution in [0.1, 0.15) is 309 Å². The number of aliphatic hydroxyl groups excluding tert-OH is 2. The lowest BCUT2D eigenvalue weighted by atomic mass is 10.0. The monoisotopic (exact) mass is 844 g/mol. The summed E-state index contributed by atoms with van der Waals surface area (Å²) in [5.41, 5.74) is 0. The summed E-state index contributed by atoms with van der Waals surface area (Å²) < 4.78 is 0. The van der Waals surface area contributed by atoms with Crippen molar-refractivity contribution in [2.24, 2.45) is 0 Å². The van der Waals surface area contributed by atoms with Crippen LogP contribution in [0.25, 0.3) is 0 Å². The van der Waals surface area contributed by atoms with Gasteiger partial charge in [0.1, 0.15) is 0 Å². The van der Waals surface area contributed by atoms with E-state index in [2.05, 4.69) is 31.3 Å². The van der Waals surface area contributed by atoms with Crippen LogP contribution in [-0.2, 0) is 4.79 Å². The summed E-state index contributed by atoms with van der Waals surface area (Å²) >= 11 is 0. The molecule has 0 aromatic carbocycles. The minimum atomic E-state index is -0.838. The summed E-state index contributed by atoms with van der Waals surface area (Å²) in [6.45, 7) is 4.34. The largest absolute Gasteiger partial charge is 0.394 e. The molecule has 4 nitrogen and oxygen atoms in total. The SMILES string of the molecule is CCCCCCCCCC/C=C\CCCCCCCCCCCCCCCC(=O)NC(CO)C(O)/C=C/CCCCCCCCCCCCCCCCCCCCCCC. The smallest absolute Gasteiger partial charge is 0.220 e.